The van der Waals surface area contributed by atoms with E-state index >= 15 is 0 Å². The van der Waals surface area contributed by atoms with Crippen LogP contribution in [0.15, 0.2) is 0 Å². The largest absolute Gasteiger partial charge is 2.00 e. The standard InChI is InChI=1S/2C9H17NO5.Ca/c2*1-9(2,5-11)7(14)8(15)10-4-3-6(12)13;/h2*7,11,14H,3-5H2,1-2H3,(H,10,15)(H,12,13);/q;;+2/t2*7-;/m00./s1/i2*3+1,4+1,6+1,10+1;. The number of aliphatic hydroxyl groups excluding tert-OH is 4. The Morgan fingerprint density at radius 2 is 0.968 bits per heavy atom. The molecule has 2 amide bonds. The second-order valence-electron chi connectivity index (χ2n) is 7.97. The molecule has 0 spiro atoms. The van der Waals surface area contributed by atoms with Gasteiger partial charge in [0.1, 0.15) is 12.2 Å². The molecule has 0 unspecified atom stereocenters. The van der Waals surface area contributed by atoms with Gasteiger partial charge in [0.2, 0.25) is 11.8 Å². The Hall–Kier alpha value is -1.02. The molecular formula is C18H34CaN2O10+2. The molecule has 176 valence electrons. The van der Waals surface area contributed by atoms with Gasteiger partial charge >= 0.3 is 49.7 Å². The summed E-state index contributed by atoms with van der Waals surface area (Å²) in [5, 5.41) is 57.9. The van der Waals surface area contributed by atoms with Gasteiger partial charge in [0, 0.05) is 23.9 Å². The van der Waals surface area contributed by atoms with Crippen molar-refractivity contribution < 1.29 is 49.8 Å². The van der Waals surface area contributed by atoms with E-state index in [9.17, 15) is 29.4 Å². The van der Waals surface area contributed by atoms with E-state index in [1.807, 2.05) is 0 Å². The van der Waals surface area contributed by atoms with Crippen LogP contribution in [0.25, 0.3) is 0 Å². The predicted octanol–water partition coefficient (Wildman–Crippen LogP) is -2.47. The van der Waals surface area contributed by atoms with Crippen LogP contribution in [0.1, 0.15) is 40.5 Å². The van der Waals surface area contributed by atoms with Crippen molar-refractivity contribution in [1.82, 2.24) is 10.6 Å². The van der Waals surface area contributed by atoms with E-state index in [2.05, 4.69) is 10.6 Å². The number of nitrogens with one attached hydrogen (secondary N) is 2. The zero-order chi connectivity index (χ0) is 24.1. The van der Waals surface area contributed by atoms with Crippen molar-refractivity contribution in [3.05, 3.63) is 0 Å². The van der Waals surface area contributed by atoms with Crippen molar-refractivity contribution >= 4 is 61.5 Å². The Morgan fingerprint density at radius 3 is 1.16 bits per heavy atom. The first-order chi connectivity index (χ1) is 13.6. The molecule has 0 fully saturated rings. The van der Waals surface area contributed by atoms with Gasteiger partial charge in [-0.1, -0.05) is 27.7 Å². The van der Waals surface area contributed by atoms with Gasteiger partial charge in [-0.2, -0.15) is 0 Å². The Bertz CT molecular complexity index is 534. The van der Waals surface area contributed by atoms with Crippen LogP contribution in [0.5, 0.6) is 0 Å². The molecule has 0 heterocycles. The molecule has 0 rings (SSSR count). The second kappa shape index (κ2) is 16.6. The van der Waals surface area contributed by atoms with Gasteiger partial charge in [-0.15, -0.1) is 0 Å². The molecule has 0 aliphatic carbocycles. The maximum absolute atomic E-state index is 11.3. The molecule has 2 atom stereocenters. The molecule has 0 bridgehead atoms. The Balaban J connectivity index is -0.000000490. The molecule has 0 aromatic heterocycles. The number of carboxylic acid groups (broad SMARTS) is 2. The third-order valence-electron chi connectivity index (χ3n) is 4.07. The molecule has 0 aliphatic heterocycles. The van der Waals surface area contributed by atoms with E-state index in [0.717, 1.165) is 0 Å². The van der Waals surface area contributed by atoms with E-state index in [1.54, 1.807) is 0 Å². The summed E-state index contributed by atoms with van der Waals surface area (Å²) in [6.45, 7) is 5.41. The first-order valence-corrected chi connectivity index (χ1v) is 9.19. The number of amides is 2. The van der Waals surface area contributed by atoms with Crippen LogP contribution in [0.2, 0.25) is 0 Å². The summed E-state index contributed by atoms with van der Waals surface area (Å²) in [5.74, 6) is -3.39. The number of hydrogen-bond acceptors (Lipinski definition) is 8. The molecule has 0 aliphatic rings. The first-order valence-electron chi connectivity index (χ1n) is 9.19. The third kappa shape index (κ3) is 15.4. The molecule has 0 saturated heterocycles. The summed E-state index contributed by atoms with van der Waals surface area (Å²) in [7, 11) is 0. The predicted molar refractivity (Wildman–Crippen MR) is 110 cm³/mol. The number of aliphatic carboxylic acids is 2. The molecule has 0 aromatic carbocycles. The van der Waals surface area contributed by atoms with Crippen molar-refractivity contribution in [1.29, 1.82) is 0 Å². The van der Waals surface area contributed by atoms with Crippen molar-refractivity contribution in [3.63, 3.8) is 0 Å². The fourth-order valence-corrected chi connectivity index (χ4v) is 1.66. The Kier molecular flexibility index (Phi) is 18.5. The van der Waals surface area contributed by atoms with Crippen LogP contribution >= 0.6 is 0 Å². The molecule has 0 radical (unpaired) electrons. The zero-order valence-electron chi connectivity index (χ0n) is 18.4. The normalized spacial score (nSPS) is 12.9. The van der Waals surface area contributed by atoms with E-state index < -0.39 is 46.8 Å². The maximum atomic E-state index is 11.3. The van der Waals surface area contributed by atoms with E-state index in [-0.39, 0.29) is 76.9 Å². The number of rotatable bonds is 12. The average molecular weight is 486 g/mol. The van der Waals surface area contributed by atoms with Gasteiger partial charge in [-0.05, 0) is 0 Å². The summed E-state index contributed by atoms with van der Waals surface area (Å²) in [4.78, 5) is 42.8. The first kappa shape index (κ1) is 34.6. The summed E-state index contributed by atoms with van der Waals surface area (Å²) in [6.07, 6.45) is -3.09. The van der Waals surface area contributed by atoms with Gasteiger partial charge in [0.05, 0.1) is 26.1 Å². The maximum Gasteiger partial charge on any atom is 2.00 e. The van der Waals surface area contributed by atoms with Gasteiger partial charge in [-0.3, -0.25) is 19.2 Å². The van der Waals surface area contributed by atoms with Crippen LogP contribution in [-0.4, -0.2) is 131 Å². The minimum absolute atomic E-state index is 0. The second-order valence-corrected chi connectivity index (χ2v) is 7.97. The topological polar surface area (TPSA) is 214 Å². The molecule has 31 heavy (non-hydrogen) atoms. The van der Waals surface area contributed by atoms with Gasteiger partial charge in [0.15, 0.2) is 0 Å². The van der Waals surface area contributed by atoms with E-state index in [0.29, 0.717) is 0 Å². The van der Waals surface area contributed by atoms with E-state index in [1.165, 1.54) is 27.7 Å². The summed E-state index contributed by atoms with van der Waals surface area (Å²) in [5.41, 5.74) is -1.87. The molecule has 0 aromatic rings. The van der Waals surface area contributed by atoms with Crippen LogP contribution in [0, 0.1) is 10.8 Å². The van der Waals surface area contributed by atoms with Crippen molar-refractivity contribution in [3.8, 4) is 0 Å². The quantitative estimate of drug-likeness (QED) is 0.0827. The summed E-state index contributed by atoms with van der Waals surface area (Å²) >= 11 is 0. The zero-order valence-corrected chi connectivity index (χ0v) is 20.6. The van der Waals surface area contributed by atoms with Crippen LogP contribution in [0.4, 0.5) is 0 Å². The summed E-state index contributed by atoms with van der Waals surface area (Å²) in [6, 6.07) is 0. The SMILES string of the molecule is CC(C)(CO)[C@@H](O)C(=O)[15NH][13CH2][13CH2][13C](=O)O.CC(C)(CO)[C@@H](O)C(=O)[15NH][13CH2][13CH2][13C](=O)O.[Ca+2]. The fraction of sp³-hybridized carbons (Fsp3) is 0.778. The number of aliphatic hydroxyl groups is 4. The summed E-state index contributed by atoms with van der Waals surface area (Å²) < 4.78 is 0. The van der Waals surface area contributed by atoms with Crippen LogP contribution in [0.3, 0.4) is 0 Å². The molecular weight excluding hydrogens is 452 g/mol. The number of carbonyl (C=O) groups is 4. The van der Waals surface area contributed by atoms with E-state index in [4.69, 9.17) is 20.4 Å². The number of hydrogen-bond donors (Lipinski definition) is 8. The number of carbonyl (C=O) groups excluding carboxylic acids is 2. The smallest absolute Gasteiger partial charge is 0.481 e. The Morgan fingerprint density at radius 1 is 0.710 bits per heavy atom. The minimum atomic E-state index is -1.35. The minimum Gasteiger partial charge on any atom is -0.481 e. The van der Waals surface area contributed by atoms with Crippen LogP contribution < -0.4 is 10.6 Å². The molecule has 13 heteroatoms. The van der Waals surface area contributed by atoms with Crippen molar-refractivity contribution in [2.24, 2.45) is 10.8 Å². The molecule has 8 N–H and O–H groups in total. The van der Waals surface area contributed by atoms with Gasteiger partial charge in [0.25, 0.3) is 0 Å². The number of carboxylic acids is 2. The fourth-order valence-electron chi connectivity index (χ4n) is 1.66. The average Bonchev–Trinajstić information content (AvgIpc) is 2.66. The molecule has 0 saturated carbocycles. The Labute approximate surface area is 211 Å². The molecule has 12 nitrogen and oxygen atoms in total. The van der Waals surface area contributed by atoms with Gasteiger partial charge < -0.3 is 41.3 Å². The third-order valence-corrected chi connectivity index (χ3v) is 4.07. The monoisotopic (exact) mass is 486 g/mol. The van der Waals surface area contributed by atoms with Gasteiger partial charge in [-0.25, -0.2) is 0 Å². The van der Waals surface area contributed by atoms with Crippen molar-refractivity contribution in [2.45, 2.75) is 52.7 Å². The van der Waals surface area contributed by atoms with Crippen molar-refractivity contribution in [2.75, 3.05) is 26.3 Å². The van der Waals surface area contributed by atoms with Crippen LogP contribution in [-0.2, 0) is 19.2 Å².